The second-order valence-electron chi connectivity index (χ2n) is 6.43. The van der Waals surface area contributed by atoms with Crippen LogP contribution in [0.15, 0.2) is 0 Å². The summed E-state index contributed by atoms with van der Waals surface area (Å²) in [5, 5.41) is 14.7. The molecule has 1 aliphatic rings. The molecule has 122 valence electrons. The van der Waals surface area contributed by atoms with Gasteiger partial charge in [0.15, 0.2) is 0 Å². The van der Waals surface area contributed by atoms with Crippen LogP contribution in [-0.4, -0.2) is 29.7 Å². The fourth-order valence-corrected chi connectivity index (χ4v) is 2.83. The molecule has 1 saturated carbocycles. The molecular weight excluding hydrogens is 268 g/mol. The van der Waals surface area contributed by atoms with E-state index in [4.69, 9.17) is 5.11 Å². The van der Waals surface area contributed by atoms with Crippen molar-refractivity contribution < 1.29 is 14.7 Å². The number of nitrogens with one attached hydrogen (secondary N) is 2. The standard InChI is InChI=1S/C16H30N2O3/c1-12(15(19)20)7-6-8-13(2)18-16(21)17-11-14-9-4-3-5-10-14/h12-14H,3-11H2,1-2H3,(H,19,20)(H2,17,18,21). The summed E-state index contributed by atoms with van der Waals surface area (Å²) in [4.78, 5) is 22.5. The van der Waals surface area contributed by atoms with Gasteiger partial charge in [0.25, 0.3) is 0 Å². The SMILES string of the molecule is CC(CCCC(C)C(=O)O)NC(=O)NCC1CCCCC1. The van der Waals surface area contributed by atoms with Crippen LogP contribution < -0.4 is 10.6 Å². The zero-order valence-corrected chi connectivity index (χ0v) is 13.4. The smallest absolute Gasteiger partial charge is 0.315 e. The van der Waals surface area contributed by atoms with Crippen molar-refractivity contribution in [2.24, 2.45) is 11.8 Å². The highest BCUT2D eigenvalue weighted by molar-refractivity contribution is 5.74. The predicted molar refractivity (Wildman–Crippen MR) is 83.2 cm³/mol. The Morgan fingerprint density at radius 2 is 1.81 bits per heavy atom. The number of carboxylic acids is 1. The summed E-state index contributed by atoms with van der Waals surface area (Å²) < 4.78 is 0. The molecule has 0 spiro atoms. The second kappa shape index (κ2) is 9.64. The lowest BCUT2D eigenvalue weighted by atomic mass is 9.89. The first-order valence-electron chi connectivity index (χ1n) is 8.26. The fraction of sp³-hybridized carbons (Fsp3) is 0.875. The van der Waals surface area contributed by atoms with E-state index in [1.54, 1.807) is 6.92 Å². The molecule has 1 rings (SSSR count). The van der Waals surface area contributed by atoms with Crippen LogP contribution in [0, 0.1) is 11.8 Å². The molecule has 5 heteroatoms. The minimum atomic E-state index is -0.749. The number of carbonyl (C=O) groups excluding carboxylic acids is 1. The Bertz CT molecular complexity index is 327. The topological polar surface area (TPSA) is 78.4 Å². The maximum absolute atomic E-state index is 11.8. The molecule has 0 saturated heterocycles. The monoisotopic (exact) mass is 298 g/mol. The minimum absolute atomic E-state index is 0.0809. The van der Waals surface area contributed by atoms with Crippen molar-refractivity contribution in [2.45, 2.75) is 71.3 Å². The number of urea groups is 1. The summed E-state index contributed by atoms with van der Waals surface area (Å²) in [5.74, 6) is -0.422. The number of carbonyl (C=O) groups is 2. The highest BCUT2D eigenvalue weighted by atomic mass is 16.4. The summed E-state index contributed by atoms with van der Waals surface area (Å²) in [6.45, 7) is 4.46. The van der Waals surface area contributed by atoms with Crippen LogP contribution in [-0.2, 0) is 4.79 Å². The maximum atomic E-state index is 11.8. The quantitative estimate of drug-likeness (QED) is 0.644. The molecule has 0 aromatic carbocycles. The molecule has 2 atom stereocenters. The average Bonchev–Trinajstić information content (AvgIpc) is 2.46. The Kier molecular flexibility index (Phi) is 8.16. The summed E-state index contributed by atoms with van der Waals surface area (Å²) in [6.07, 6.45) is 8.63. The number of rotatable bonds is 8. The van der Waals surface area contributed by atoms with E-state index in [0.717, 1.165) is 19.4 Å². The van der Waals surface area contributed by atoms with E-state index in [2.05, 4.69) is 10.6 Å². The normalized spacial score (nSPS) is 18.8. The Morgan fingerprint density at radius 1 is 1.14 bits per heavy atom. The van der Waals surface area contributed by atoms with Crippen molar-refractivity contribution >= 4 is 12.0 Å². The van der Waals surface area contributed by atoms with Gasteiger partial charge in [0, 0.05) is 12.6 Å². The molecule has 0 heterocycles. The molecular formula is C16H30N2O3. The van der Waals surface area contributed by atoms with Crippen molar-refractivity contribution in [3.05, 3.63) is 0 Å². The van der Waals surface area contributed by atoms with Crippen molar-refractivity contribution in [2.75, 3.05) is 6.54 Å². The second-order valence-corrected chi connectivity index (χ2v) is 6.43. The van der Waals surface area contributed by atoms with Crippen LogP contribution >= 0.6 is 0 Å². The first-order chi connectivity index (χ1) is 9.99. The number of amides is 2. The zero-order valence-electron chi connectivity index (χ0n) is 13.4. The van der Waals surface area contributed by atoms with Gasteiger partial charge in [-0.3, -0.25) is 4.79 Å². The summed E-state index contributed by atoms with van der Waals surface area (Å²) >= 11 is 0. The van der Waals surface area contributed by atoms with E-state index in [-0.39, 0.29) is 18.0 Å². The van der Waals surface area contributed by atoms with Crippen molar-refractivity contribution in [1.29, 1.82) is 0 Å². The summed E-state index contributed by atoms with van der Waals surface area (Å²) in [6, 6.07) is -0.0169. The van der Waals surface area contributed by atoms with E-state index >= 15 is 0 Å². The Labute approximate surface area is 127 Å². The van der Waals surface area contributed by atoms with Crippen LogP contribution in [0.5, 0.6) is 0 Å². The molecule has 0 bridgehead atoms. The minimum Gasteiger partial charge on any atom is -0.481 e. The highest BCUT2D eigenvalue weighted by Crippen LogP contribution is 2.22. The van der Waals surface area contributed by atoms with Crippen LogP contribution in [0.4, 0.5) is 4.79 Å². The Balaban J connectivity index is 2.08. The van der Waals surface area contributed by atoms with Gasteiger partial charge in [-0.05, 0) is 38.5 Å². The molecule has 5 nitrogen and oxygen atoms in total. The molecule has 1 fully saturated rings. The lowest BCUT2D eigenvalue weighted by molar-refractivity contribution is -0.141. The Hall–Kier alpha value is -1.26. The van der Waals surface area contributed by atoms with Gasteiger partial charge in [-0.15, -0.1) is 0 Å². The lowest BCUT2D eigenvalue weighted by Crippen LogP contribution is -2.42. The van der Waals surface area contributed by atoms with Gasteiger partial charge < -0.3 is 15.7 Å². The largest absolute Gasteiger partial charge is 0.481 e. The summed E-state index contributed by atoms with van der Waals surface area (Å²) in [7, 11) is 0. The van der Waals surface area contributed by atoms with Gasteiger partial charge >= 0.3 is 12.0 Å². The van der Waals surface area contributed by atoms with E-state index in [1.165, 1.54) is 32.1 Å². The van der Waals surface area contributed by atoms with Crippen LogP contribution in [0.1, 0.15) is 65.2 Å². The number of hydrogen-bond acceptors (Lipinski definition) is 2. The van der Waals surface area contributed by atoms with Gasteiger partial charge in [-0.1, -0.05) is 32.6 Å². The predicted octanol–water partition coefficient (Wildman–Crippen LogP) is 3.15. The molecule has 3 N–H and O–H groups in total. The number of aliphatic carboxylic acids is 1. The molecule has 0 radical (unpaired) electrons. The van der Waals surface area contributed by atoms with Crippen LogP contribution in [0.25, 0.3) is 0 Å². The van der Waals surface area contributed by atoms with Crippen LogP contribution in [0.2, 0.25) is 0 Å². The molecule has 2 amide bonds. The average molecular weight is 298 g/mol. The zero-order chi connectivity index (χ0) is 15.7. The molecule has 0 aromatic heterocycles. The van der Waals surface area contributed by atoms with Gasteiger partial charge in [-0.25, -0.2) is 4.79 Å². The Morgan fingerprint density at radius 3 is 2.43 bits per heavy atom. The first kappa shape index (κ1) is 17.8. The highest BCUT2D eigenvalue weighted by Gasteiger charge is 2.15. The molecule has 1 aliphatic carbocycles. The van der Waals surface area contributed by atoms with Crippen molar-refractivity contribution in [3.8, 4) is 0 Å². The molecule has 21 heavy (non-hydrogen) atoms. The molecule has 0 aliphatic heterocycles. The number of carboxylic acid groups (broad SMARTS) is 1. The van der Waals surface area contributed by atoms with Crippen molar-refractivity contribution in [3.63, 3.8) is 0 Å². The third kappa shape index (κ3) is 7.93. The van der Waals surface area contributed by atoms with E-state index in [0.29, 0.717) is 12.3 Å². The molecule has 0 aromatic rings. The third-order valence-corrected chi connectivity index (χ3v) is 4.35. The van der Waals surface area contributed by atoms with Gasteiger partial charge in [0.05, 0.1) is 5.92 Å². The molecule has 2 unspecified atom stereocenters. The number of hydrogen-bond donors (Lipinski definition) is 3. The first-order valence-corrected chi connectivity index (χ1v) is 8.26. The lowest BCUT2D eigenvalue weighted by Gasteiger charge is -2.22. The maximum Gasteiger partial charge on any atom is 0.315 e. The van der Waals surface area contributed by atoms with Crippen LogP contribution in [0.3, 0.4) is 0 Å². The van der Waals surface area contributed by atoms with Gasteiger partial charge in [0.1, 0.15) is 0 Å². The summed E-state index contributed by atoms with van der Waals surface area (Å²) in [5.41, 5.74) is 0. The van der Waals surface area contributed by atoms with E-state index < -0.39 is 5.97 Å². The van der Waals surface area contributed by atoms with E-state index in [1.807, 2.05) is 6.92 Å². The van der Waals surface area contributed by atoms with E-state index in [9.17, 15) is 9.59 Å². The van der Waals surface area contributed by atoms with Gasteiger partial charge in [0.2, 0.25) is 0 Å². The van der Waals surface area contributed by atoms with Crippen molar-refractivity contribution in [1.82, 2.24) is 10.6 Å². The van der Waals surface area contributed by atoms with Gasteiger partial charge in [-0.2, -0.15) is 0 Å². The fourth-order valence-electron chi connectivity index (χ4n) is 2.83. The third-order valence-electron chi connectivity index (χ3n) is 4.35.